The Hall–Kier alpha value is -2.04. The summed E-state index contributed by atoms with van der Waals surface area (Å²) in [5.74, 6) is 0. The summed E-state index contributed by atoms with van der Waals surface area (Å²) in [5.41, 5.74) is 6.96. The van der Waals surface area contributed by atoms with Crippen LogP contribution in [0.15, 0.2) is 41.5 Å². The van der Waals surface area contributed by atoms with Crippen LogP contribution in [0.4, 0.5) is 11.4 Å². The van der Waals surface area contributed by atoms with Crippen LogP contribution in [0, 0.1) is 0 Å². The number of piperazine rings is 1. The second-order valence-electron chi connectivity index (χ2n) is 7.05. The lowest BCUT2D eigenvalue weighted by Crippen LogP contribution is -2.44. The fourth-order valence-electron chi connectivity index (χ4n) is 4.12. The third-order valence-electron chi connectivity index (χ3n) is 5.52. The molecule has 1 aromatic heterocycles. The molecule has 1 aliphatic carbocycles. The van der Waals surface area contributed by atoms with Gasteiger partial charge in [0.1, 0.15) is 10.9 Å². The van der Waals surface area contributed by atoms with Crippen molar-refractivity contribution in [1.82, 2.24) is 9.47 Å². The third kappa shape index (κ3) is 2.35. The van der Waals surface area contributed by atoms with Gasteiger partial charge in [-0.15, -0.1) is 0 Å². The molecule has 0 amide bonds. The number of hydrogen-bond donors (Lipinski definition) is 0. The zero-order valence-electron chi connectivity index (χ0n) is 14.4. The number of aryl methyl sites for hydroxylation is 1. The summed E-state index contributed by atoms with van der Waals surface area (Å²) in [6, 6.07) is 8.70. The molecule has 0 N–H and O–H groups in total. The minimum absolute atomic E-state index is 0.612. The van der Waals surface area contributed by atoms with E-state index in [1.165, 1.54) is 16.9 Å². The van der Waals surface area contributed by atoms with Crippen LogP contribution in [0.25, 0.3) is 11.3 Å². The number of anilines is 1. The lowest BCUT2D eigenvalue weighted by atomic mass is 9.98. The van der Waals surface area contributed by atoms with Crippen molar-refractivity contribution in [3.63, 3.8) is 0 Å². The Morgan fingerprint density at radius 1 is 1.04 bits per heavy atom. The largest absolute Gasteiger partial charge is 0.367 e. The van der Waals surface area contributed by atoms with Gasteiger partial charge in [0.25, 0.3) is 0 Å². The molecule has 2 aromatic rings. The average molecular weight is 353 g/mol. The highest BCUT2D eigenvalue weighted by Gasteiger charge is 2.27. The van der Waals surface area contributed by atoms with Gasteiger partial charge in [0.15, 0.2) is 0 Å². The zero-order chi connectivity index (χ0) is 17.0. The van der Waals surface area contributed by atoms with Crippen molar-refractivity contribution in [3.05, 3.63) is 47.8 Å². The van der Waals surface area contributed by atoms with E-state index in [-0.39, 0.29) is 0 Å². The van der Waals surface area contributed by atoms with E-state index in [4.69, 9.17) is 16.6 Å². The van der Waals surface area contributed by atoms with Crippen molar-refractivity contribution < 1.29 is 0 Å². The van der Waals surface area contributed by atoms with Gasteiger partial charge in [-0.2, -0.15) is 0 Å². The number of para-hydroxylation sites is 1. The van der Waals surface area contributed by atoms with Crippen molar-refractivity contribution >= 4 is 33.7 Å². The monoisotopic (exact) mass is 352 g/mol. The molecule has 25 heavy (non-hydrogen) atoms. The summed E-state index contributed by atoms with van der Waals surface area (Å²) in [4.78, 5) is 9.69. The Balaban J connectivity index is 1.70. The molecule has 1 aromatic carbocycles. The molecule has 1 saturated heterocycles. The number of aliphatic imine (C=N–C) groups is 1. The summed E-state index contributed by atoms with van der Waals surface area (Å²) in [5, 5.41) is 0.612. The number of fused-ring (bicyclic) bond motifs is 2. The van der Waals surface area contributed by atoms with E-state index >= 15 is 0 Å². The molecule has 0 saturated carbocycles. The van der Waals surface area contributed by atoms with Crippen LogP contribution in [-0.4, -0.2) is 47.9 Å². The molecule has 0 spiro atoms. The van der Waals surface area contributed by atoms with E-state index in [1.54, 1.807) is 0 Å². The van der Waals surface area contributed by atoms with E-state index in [9.17, 15) is 0 Å². The fourth-order valence-corrected chi connectivity index (χ4v) is 4.37. The summed E-state index contributed by atoms with van der Waals surface area (Å²) in [6.45, 7) is 4.19. The van der Waals surface area contributed by atoms with Gasteiger partial charge in [-0.3, -0.25) is 0 Å². The van der Waals surface area contributed by atoms with E-state index in [0.29, 0.717) is 5.17 Å². The first-order chi connectivity index (χ1) is 12.2. The maximum Gasteiger partial charge on any atom is 0.138 e. The van der Waals surface area contributed by atoms with E-state index in [2.05, 4.69) is 58.0 Å². The van der Waals surface area contributed by atoms with E-state index in [0.717, 1.165) is 56.0 Å². The van der Waals surface area contributed by atoms with Crippen LogP contribution in [0.2, 0.25) is 0 Å². The number of rotatable bonds is 1. The molecule has 4 nitrogen and oxygen atoms in total. The molecular formula is C20H21ClN4. The van der Waals surface area contributed by atoms with Gasteiger partial charge in [0.2, 0.25) is 0 Å². The number of halogens is 1. The lowest BCUT2D eigenvalue weighted by molar-refractivity contribution is 0.313. The zero-order valence-corrected chi connectivity index (χ0v) is 15.1. The predicted molar refractivity (Wildman–Crippen MR) is 105 cm³/mol. The van der Waals surface area contributed by atoms with Crippen molar-refractivity contribution in [3.8, 4) is 5.69 Å². The molecule has 0 radical (unpaired) electrons. The molecule has 3 heterocycles. The lowest BCUT2D eigenvalue weighted by Gasteiger charge is -2.35. The quantitative estimate of drug-likeness (QED) is 0.778. The smallest absolute Gasteiger partial charge is 0.138 e. The van der Waals surface area contributed by atoms with Crippen molar-refractivity contribution in [2.75, 3.05) is 38.1 Å². The summed E-state index contributed by atoms with van der Waals surface area (Å²) in [7, 11) is 2.18. The summed E-state index contributed by atoms with van der Waals surface area (Å²) in [6.07, 6.45) is 6.50. The summed E-state index contributed by atoms with van der Waals surface area (Å²) < 4.78 is 2.27. The first kappa shape index (κ1) is 15.2. The predicted octanol–water partition coefficient (Wildman–Crippen LogP) is 3.84. The third-order valence-corrected chi connectivity index (χ3v) is 5.80. The van der Waals surface area contributed by atoms with E-state index < -0.39 is 0 Å². The number of benzene rings is 1. The van der Waals surface area contributed by atoms with Gasteiger partial charge in [-0.25, -0.2) is 4.99 Å². The average Bonchev–Trinajstić information content (AvgIpc) is 3.01. The minimum atomic E-state index is 0.612. The number of aromatic nitrogens is 1. The van der Waals surface area contributed by atoms with Crippen LogP contribution in [-0.2, 0) is 6.42 Å². The molecule has 3 aliphatic rings. The van der Waals surface area contributed by atoms with Crippen LogP contribution in [0.5, 0.6) is 0 Å². The molecule has 128 valence electrons. The highest BCUT2D eigenvalue weighted by molar-refractivity contribution is 6.76. The Morgan fingerprint density at radius 2 is 1.84 bits per heavy atom. The van der Waals surface area contributed by atoms with Crippen LogP contribution in [0.1, 0.15) is 17.7 Å². The highest BCUT2D eigenvalue weighted by atomic mass is 35.5. The maximum absolute atomic E-state index is 6.68. The molecule has 0 bridgehead atoms. The normalized spacial score (nSPS) is 19.7. The fraction of sp³-hybridized carbons (Fsp3) is 0.350. The second-order valence-corrected chi connectivity index (χ2v) is 7.41. The standard InChI is InChI=1S/C20H21ClN4/c1-23-10-12-24(13-11-23)16-6-3-7-17-18(16)22-20(21)15-5-2-4-14-8-9-25(17)19(14)15/h3,5-9H,2,4,10-13H2,1H3. The Bertz CT molecular complexity index is 900. The molecule has 0 unspecified atom stereocenters. The van der Waals surface area contributed by atoms with Crippen molar-refractivity contribution in [1.29, 1.82) is 0 Å². The molecule has 5 rings (SSSR count). The van der Waals surface area contributed by atoms with Gasteiger partial charge in [-0.05, 0) is 43.7 Å². The number of hydrogen-bond acceptors (Lipinski definition) is 3. The van der Waals surface area contributed by atoms with Gasteiger partial charge < -0.3 is 14.4 Å². The van der Waals surface area contributed by atoms with Crippen molar-refractivity contribution in [2.24, 2.45) is 4.99 Å². The van der Waals surface area contributed by atoms with Crippen LogP contribution >= 0.6 is 11.6 Å². The number of nitrogens with zero attached hydrogens (tertiary/aromatic N) is 4. The number of allylic oxidation sites excluding steroid dienone is 2. The Kier molecular flexibility index (Phi) is 3.50. The van der Waals surface area contributed by atoms with Crippen molar-refractivity contribution in [2.45, 2.75) is 12.8 Å². The van der Waals surface area contributed by atoms with Crippen LogP contribution < -0.4 is 4.90 Å². The number of likely N-dealkylation sites (N-methyl/N-ethyl adjacent to an activating group) is 1. The maximum atomic E-state index is 6.68. The summed E-state index contributed by atoms with van der Waals surface area (Å²) >= 11 is 6.68. The van der Waals surface area contributed by atoms with E-state index in [1.807, 2.05) is 0 Å². The van der Waals surface area contributed by atoms with Gasteiger partial charge in [-0.1, -0.05) is 23.7 Å². The molecule has 1 fully saturated rings. The first-order valence-corrected chi connectivity index (χ1v) is 9.32. The van der Waals surface area contributed by atoms with Crippen LogP contribution in [0.3, 0.4) is 0 Å². The topological polar surface area (TPSA) is 23.8 Å². The molecular weight excluding hydrogens is 332 g/mol. The molecule has 2 aliphatic heterocycles. The molecule has 0 atom stereocenters. The first-order valence-electron chi connectivity index (χ1n) is 8.94. The minimum Gasteiger partial charge on any atom is -0.367 e. The van der Waals surface area contributed by atoms with Gasteiger partial charge >= 0.3 is 0 Å². The van der Waals surface area contributed by atoms with Gasteiger partial charge in [0, 0.05) is 37.9 Å². The SMILES string of the molecule is CN1CCN(c2cccc3c2N=C(Cl)C2=CCCc4ccn-3c42)CC1. The Morgan fingerprint density at radius 3 is 2.68 bits per heavy atom. The van der Waals surface area contributed by atoms with Gasteiger partial charge in [0.05, 0.1) is 17.1 Å². The highest BCUT2D eigenvalue weighted by Crippen LogP contribution is 2.43. The Labute approximate surface area is 153 Å². The second kappa shape index (κ2) is 5.75. The molecule has 5 heteroatoms.